The van der Waals surface area contributed by atoms with Crippen LogP contribution in [0.25, 0.3) is 0 Å². The highest BCUT2D eigenvalue weighted by Crippen LogP contribution is 2.13. The average Bonchev–Trinajstić information content (AvgIpc) is 2.89. The van der Waals surface area contributed by atoms with Gasteiger partial charge in [-0.05, 0) is 67.4 Å². The zero-order chi connectivity index (χ0) is 26.1. The van der Waals surface area contributed by atoms with Crippen LogP contribution in [0.4, 0.5) is 0 Å². The molecule has 2 amide bonds. The van der Waals surface area contributed by atoms with Crippen molar-refractivity contribution in [3.8, 4) is 5.75 Å². The molecule has 0 unspecified atom stereocenters. The maximum atomic E-state index is 12.6. The fourth-order valence-corrected chi connectivity index (χ4v) is 4.09. The van der Waals surface area contributed by atoms with Crippen LogP contribution < -0.4 is 14.8 Å². The maximum absolute atomic E-state index is 12.6. The van der Waals surface area contributed by atoms with Crippen LogP contribution in [0.5, 0.6) is 5.75 Å². The molecule has 1 aromatic heterocycles. The number of methoxy groups -OCH3 is 1. The van der Waals surface area contributed by atoms with Crippen molar-refractivity contribution in [1.29, 1.82) is 0 Å². The van der Waals surface area contributed by atoms with Crippen LogP contribution in [0.2, 0.25) is 0 Å². The fourth-order valence-electron chi connectivity index (χ4n) is 3.12. The summed E-state index contributed by atoms with van der Waals surface area (Å²) in [5.74, 6) is -1.10. The minimum atomic E-state index is -4.13. The van der Waals surface area contributed by atoms with E-state index in [2.05, 4.69) is 15.0 Å². The maximum Gasteiger partial charge on any atom is 0.356 e. The molecule has 0 aliphatic carbocycles. The van der Waals surface area contributed by atoms with Gasteiger partial charge in [-0.1, -0.05) is 12.1 Å². The van der Waals surface area contributed by atoms with Crippen molar-refractivity contribution in [3.05, 3.63) is 89.2 Å². The number of sulfonamides is 1. The Balaban J connectivity index is 1.53. The summed E-state index contributed by atoms with van der Waals surface area (Å²) in [7, 11) is -2.94. The topological polar surface area (TPSA) is 141 Å². The summed E-state index contributed by atoms with van der Waals surface area (Å²) in [6, 6.07) is 15.3. The van der Waals surface area contributed by atoms with E-state index in [1.54, 1.807) is 36.4 Å². The zero-order valence-electron chi connectivity index (χ0n) is 19.7. The van der Waals surface area contributed by atoms with Gasteiger partial charge in [-0.25, -0.2) is 22.9 Å². The van der Waals surface area contributed by atoms with Crippen molar-refractivity contribution < 1.29 is 32.3 Å². The molecule has 0 aliphatic heterocycles. The number of aromatic nitrogens is 1. The van der Waals surface area contributed by atoms with E-state index in [9.17, 15) is 22.8 Å². The summed E-state index contributed by atoms with van der Waals surface area (Å²) >= 11 is 0. The Morgan fingerprint density at radius 2 is 1.56 bits per heavy atom. The molecule has 0 aliphatic rings. The minimum Gasteiger partial charge on any atom is -0.494 e. The monoisotopic (exact) mass is 511 g/mol. The zero-order valence-corrected chi connectivity index (χ0v) is 20.5. The van der Waals surface area contributed by atoms with Gasteiger partial charge < -0.3 is 14.8 Å². The molecule has 3 aromatic rings. The largest absolute Gasteiger partial charge is 0.494 e. The van der Waals surface area contributed by atoms with Crippen LogP contribution in [-0.2, 0) is 21.2 Å². The van der Waals surface area contributed by atoms with Gasteiger partial charge in [-0.3, -0.25) is 9.59 Å². The van der Waals surface area contributed by atoms with Gasteiger partial charge in [0.2, 0.25) is 0 Å². The number of nitrogens with one attached hydrogen (secondary N) is 2. The summed E-state index contributed by atoms with van der Waals surface area (Å²) < 4.78 is 37.0. The van der Waals surface area contributed by atoms with Crippen molar-refractivity contribution in [2.75, 3.05) is 20.3 Å². The molecule has 0 atom stereocenters. The lowest BCUT2D eigenvalue weighted by Crippen LogP contribution is -2.30. The van der Waals surface area contributed by atoms with E-state index in [-0.39, 0.29) is 22.1 Å². The van der Waals surface area contributed by atoms with Crippen LogP contribution in [0.3, 0.4) is 0 Å². The lowest BCUT2D eigenvalue weighted by molar-refractivity contribution is 0.0593. The Morgan fingerprint density at radius 1 is 0.889 bits per heavy atom. The minimum absolute atomic E-state index is 0.0110. The number of carbonyl (C=O) groups excluding carboxylic acids is 3. The number of hydrogen-bond donors (Lipinski definition) is 2. The molecular formula is C25H25N3O7S. The molecule has 2 N–H and O–H groups in total. The van der Waals surface area contributed by atoms with Crippen LogP contribution in [0.15, 0.2) is 71.8 Å². The van der Waals surface area contributed by atoms with Crippen molar-refractivity contribution in [2.45, 2.75) is 18.2 Å². The smallest absolute Gasteiger partial charge is 0.356 e. The van der Waals surface area contributed by atoms with Gasteiger partial charge in [0.15, 0.2) is 0 Å². The summed E-state index contributed by atoms with van der Waals surface area (Å²) in [6.45, 7) is 2.77. The Hall–Kier alpha value is -4.25. The SMILES string of the molecule is CCOc1ccc(C(=O)NCCc2ccc(S(=O)(=O)NC(=O)c3ccc(C(=O)OC)nc3)cc2)cc1. The van der Waals surface area contributed by atoms with Gasteiger partial charge >= 0.3 is 5.97 Å². The summed E-state index contributed by atoms with van der Waals surface area (Å²) in [6.07, 6.45) is 1.56. The second-order valence-electron chi connectivity index (χ2n) is 7.47. The first-order valence-corrected chi connectivity index (χ1v) is 12.4. The predicted octanol–water partition coefficient (Wildman–Crippen LogP) is 2.36. The van der Waals surface area contributed by atoms with E-state index in [1.165, 1.54) is 31.4 Å². The summed E-state index contributed by atoms with van der Waals surface area (Å²) in [4.78, 5) is 39.7. The number of carbonyl (C=O) groups is 3. The van der Waals surface area contributed by atoms with Gasteiger partial charge in [0.05, 0.1) is 24.2 Å². The molecule has 0 fully saturated rings. The van der Waals surface area contributed by atoms with Crippen LogP contribution in [0, 0.1) is 0 Å². The van der Waals surface area contributed by atoms with Gasteiger partial charge in [0, 0.05) is 18.3 Å². The molecule has 11 heteroatoms. The second-order valence-corrected chi connectivity index (χ2v) is 9.15. The Bertz CT molecular complexity index is 1320. The average molecular weight is 512 g/mol. The molecule has 2 aromatic carbocycles. The lowest BCUT2D eigenvalue weighted by Gasteiger charge is -2.09. The Morgan fingerprint density at radius 3 is 2.14 bits per heavy atom. The number of benzene rings is 2. The highest BCUT2D eigenvalue weighted by atomic mass is 32.2. The van der Waals surface area contributed by atoms with Crippen molar-refractivity contribution >= 4 is 27.8 Å². The van der Waals surface area contributed by atoms with Gasteiger partial charge in [-0.15, -0.1) is 0 Å². The Labute approximate surface area is 208 Å². The number of amides is 2. The third kappa shape index (κ3) is 6.89. The van der Waals surface area contributed by atoms with Crippen molar-refractivity contribution in [3.63, 3.8) is 0 Å². The summed E-state index contributed by atoms with van der Waals surface area (Å²) in [5.41, 5.74) is 1.26. The Kier molecular flexibility index (Phi) is 8.74. The number of ether oxygens (including phenoxy) is 2. The molecule has 0 saturated heterocycles. The molecule has 1 heterocycles. The van der Waals surface area contributed by atoms with E-state index in [1.807, 2.05) is 11.6 Å². The van der Waals surface area contributed by atoms with Crippen LogP contribution in [-0.4, -0.2) is 51.4 Å². The van der Waals surface area contributed by atoms with E-state index < -0.39 is 21.9 Å². The summed E-state index contributed by atoms with van der Waals surface area (Å²) in [5, 5.41) is 2.81. The van der Waals surface area contributed by atoms with E-state index in [0.717, 1.165) is 11.8 Å². The van der Waals surface area contributed by atoms with Crippen LogP contribution >= 0.6 is 0 Å². The first-order valence-electron chi connectivity index (χ1n) is 10.9. The lowest BCUT2D eigenvalue weighted by atomic mass is 10.1. The van der Waals surface area contributed by atoms with Crippen molar-refractivity contribution in [1.82, 2.24) is 15.0 Å². The molecule has 10 nitrogen and oxygen atoms in total. The third-order valence-corrected chi connectivity index (χ3v) is 6.35. The molecule has 188 valence electrons. The highest BCUT2D eigenvalue weighted by Gasteiger charge is 2.19. The predicted molar refractivity (Wildman–Crippen MR) is 130 cm³/mol. The molecule has 0 spiro atoms. The number of rotatable bonds is 10. The van der Waals surface area contributed by atoms with E-state index in [4.69, 9.17) is 4.74 Å². The highest BCUT2D eigenvalue weighted by molar-refractivity contribution is 7.90. The van der Waals surface area contributed by atoms with Crippen molar-refractivity contribution in [2.24, 2.45) is 0 Å². The molecular weight excluding hydrogens is 486 g/mol. The first-order chi connectivity index (χ1) is 17.2. The normalized spacial score (nSPS) is 10.8. The second kappa shape index (κ2) is 11.9. The first kappa shape index (κ1) is 26.4. The van der Waals surface area contributed by atoms with E-state index in [0.29, 0.717) is 30.9 Å². The third-order valence-electron chi connectivity index (χ3n) is 5.01. The molecule has 0 radical (unpaired) electrons. The van der Waals surface area contributed by atoms with Crippen LogP contribution in [0.1, 0.15) is 43.7 Å². The molecule has 0 bridgehead atoms. The quantitative estimate of drug-likeness (QED) is 0.395. The standard InChI is InChI=1S/C25H25N3O7S/c1-3-35-20-9-6-18(7-10-20)23(29)26-15-14-17-4-11-21(12-5-17)36(32,33)28-24(30)19-8-13-22(27-16-19)25(31)34-2/h4-13,16H,3,14-15H2,1-2H3,(H,26,29)(H,28,30). The number of pyridine rings is 1. The van der Waals surface area contributed by atoms with Gasteiger partial charge in [-0.2, -0.15) is 0 Å². The van der Waals surface area contributed by atoms with Gasteiger partial charge in [0.1, 0.15) is 11.4 Å². The number of nitrogens with zero attached hydrogens (tertiary/aromatic N) is 1. The molecule has 36 heavy (non-hydrogen) atoms. The number of hydrogen-bond acceptors (Lipinski definition) is 8. The van der Waals surface area contributed by atoms with Gasteiger partial charge in [0.25, 0.3) is 21.8 Å². The van der Waals surface area contributed by atoms with E-state index >= 15 is 0 Å². The molecule has 0 saturated carbocycles. The molecule has 3 rings (SSSR count). The fraction of sp³-hybridized carbons (Fsp3) is 0.200. The number of esters is 1.